The predicted octanol–water partition coefficient (Wildman–Crippen LogP) is 6.74. The molecule has 17 nitrogen and oxygen atoms in total. The summed E-state index contributed by atoms with van der Waals surface area (Å²) in [6.45, 7) is 7.28. The van der Waals surface area contributed by atoms with Gasteiger partial charge in [0, 0.05) is 85.8 Å². The molecule has 74 heavy (non-hydrogen) atoms. The van der Waals surface area contributed by atoms with Crippen molar-refractivity contribution in [2.24, 2.45) is 0 Å². The Hall–Kier alpha value is -6.68. The zero-order chi connectivity index (χ0) is 52.4. The molecule has 5 aliphatic rings. The van der Waals surface area contributed by atoms with Crippen LogP contribution in [0.1, 0.15) is 109 Å². The summed E-state index contributed by atoms with van der Waals surface area (Å²) in [6.07, 6.45) is 3.09. The van der Waals surface area contributed by atoms with Gasteiger partial charge in [0.15, 0.2) is 5.82 Å². The lowest BCUT2D eigenvalue weighted by Crippen LogP contribution is -2.52. The molecule has 7 heterocycles. The molecule has 0 aliphatic carbocycles. The first-order valence-corrected chi connectivity index (χ1v) is 26.3. The minimum atomic E-state index is -4.97. The highest BCUT2D eigenvalue weighted by Gasteiger charge is 2.44. The van der Waals surface area contributed by atoms with Gasteiger partial charge >= 0.3 is 16.3 Å². The van der Waals surface area contributed by atoms with Crippen molar-refractivity contribution < 1.29 is 55.4 Å². The van der Waals surface area contributed by atoms with E-state index in [0.29, 0.717) is 78.9 Å². The molecule has 4 amide bonds. The smallest absolute Gasteiger partial charge is 0.430 e. The monoisotopic (exact) mass is 1040 g/mol. The Labute approximate surface area is 425 Å². The van der Waals surface area contributed by atoms with E-state index in [2.05, 4.69) is 31.2 Å². The molecule has 1 unspecified atom stereocenters. The number of aromatic nitrogens is 2. The molecular weight excluding hydrogens is 982 g/mol. The fourth-order valence-electron chi connectivity index (χ4n) is 10.9. The topological polar surface area (TPSA) is 206 Å². The lowest BCUT2D eigenvalue weighted by molar-refractivity contribution is -0.136. The number of aliphatic hydroxyl groups is 1. The second-order valence-electron chi connectivity index (χ2n) is 21.0. The second kappa shape index (κ2) is 19.5. The van der Waals surface area contributed by atoms with Crippen molar-refractivity contribution in [1.82, 2.24) is 29.4 Å². The Kier molecular flexibility index (Phi) is 13.4. The average molecular weight is 1040 g/mol. The van der Waals surface area contributed by atoms with E-state index in [-0.39, 0.29) is 52.1 Å². The molecule has 5 aliphatic heterocycles. The second-order valence-corrected chi connectivity index (χ2v) is 22.8. The quantitative estimate of drug-likeness (QED) is 0.0930. The van der Waals surface area contributed by atoms with E-state index in [1.807, 2.05) is 36.4 Å². The molecule has 0 saturated carbocycles. The number of benzene rings is 3. The summed E-state index contributed by atoms with van der Waals surface area (Å²) < 4.78 is 80.1. The number of likely N-dealkylation sites (tertiary alicyclic amines) is 1. The number of halogens is 3. The molecule has 2 aromatic heterocycles. The number of hydrogen-bond donors (Lipinski definition) is 3. The first-order valence-electron chi connectivity index (χ1n) is 24.9. The summed E-state index contributed by atoms with van der Waals surface area (Å²) in [5, 5.41) is 14.4. The Morgan fingerprint density at radius 1 is 0.919 bits per heavy atom. The predicted molar refractivity (Wildman–Crippen MR) is 267 cm³/mol. The minimum absolute atomic E-state index is 0.00257. The van der Waals surface area contributed by atoms with E-state index < -0.39 is 80.8 Å². The minimum Gasteiger partial charge on any atom is -0.443 e. The number of ether oxygens (including phenoxy) is 1. The highest BCUT2D eigenvalue weighted by atomic mass is 32.2. The van der Waals surface area contributed by atoms with Crippen LogP contribution in [0.3, 0.4) is 0 Å². The number of anilines is 2. The van der Waals surface area contributed by atoms with Gasteiger partial charge in [-0.25, -0.2) is 22.9 Å². The third kappa shape index (κ3) is 9.89. The molecule has 0 bridgehead atoms. The van der Waals surface area contributed by atoms with Gasteiger partial charge in [-0.15, -0.1) is 0 Å². The van der Waals surface area contributed by atoms with E-state index in [4.69, 9.17) is 4.74 Å². The van der Waals surface area contributed by atoms with Crippen LogP contribution < -0.4 is 14.5 Å². The molecule has 3 aromatic carbocycles. The summed E-state index contributed by atoms with van der Waals surface area (Å²) in [5.74, 6) is -4.73. The van der Waals surface area contributed by atoms with E-state index in [0.717, 1.165) is 48.3 Å². The van der Waals surface area contributed by atoms with Crippen LogP contribution in [0.15, 0.2) is 73.1 Å². The van der Waals surface area contributed by atoms with Crippen molar-refractivity contribution in [3.63, 3.8) is 0 Å². The largest absolute Gasteiger partial charge is 0.443 e. The number of alkyl halides is 1. The van der Waals surface area contributed by atoms with Crippen LogP contribution in [0.2, 0.25) is 0 Å². The van der Waals surface area contributed by atoms with Gasteiger partial charge in [-0.1, -0.05) is 24.3 Å². The van der Waals surface area contributed by atoms with E-state index >= 15 is 8.78 Å². The Morgan fingerprint density at radius 2 is 1.65 bits per heavy atom. The van der Waals surface area contributed by atoms with Crippen molar-refractivity contribution in [1.29, 1.82) is 0 Å². The van der Waals surface area contributed by atoms with Gasteiger partial charge in [0.2, 0.25) is 17.6 Å². The Bertz CT molecular complexity index is 3180. The number of aromatic amines is 1. The standard InChI is InChI=1S/C53H57F3N8O9S/c1-52(2,3)73-51(69)64(74(71,72)62-21-16-36(54)29-62)42-11-10-41(55)45(46(42)56)47(66)40-27-58-48-39(40)25-34(26-57-48)31-4-7-37(8-5-31)61-22-17-53(70,18-23-61)30-60-19-14-32(15-20-60)33-6-9-38-35(24-33)28-63(50(38)68)43-12-13-44(65)59-49(43)67/h4-11,24-27,32,36,43,70H,12-23,28-30H2,1-3H3,(H,57,58)(H,59,65,67)/t36-,43?/m1/s1. The first kappa shape index (κ1) is 50.8. The maximum Gasteiger partial charge on any atom is 0.430 e. The van der Waals surface area contributed by atoms with Crippen LogP contribution in [0.4, 0.5) is 29.3 Å². The maximum atomic E-state index is 16.6. The molecule has 2 atom stereocenters. The fraction of sp³-hybridized carbons (Fsp3) is 0.434. The zero-order valence-corrected chi connectivity index (χ0v) is 42.0. The Balaban J connectivity index is 0.773. The zero-order valence-electron chi connectivity index (χ0n) is 41.2. The van der Waals surface area contributed by atoms with Gasteiger partial charge in [0.25, 0.3) is 5.91 Å². The van der Waals surface area contributed by atoms with Crippen LogP contribution in [-0.4, -0.2) is 136 Å². The number of carbonyl (C=O) groups excluding carboxylic acids is 5. The third-order valence-corrected chi connectivity index (χ3v) is 16.7. The van der Waals surface area contributed by atoms with Gasteiger partial charge < -0.3 is 29.5 Å². The number of imide groups is 1. The van der Waals surface area contributed by atoms with Gasteiger partial charge in [-0.3, -0.25) is 24.5 Å². The molecule has 10 rings (SSSR count). The molecule has 5 aromatic rings. The number of β-amino-alcohol motifs (C(OH)–C–C–N with tert-alkyl or cyclic N) is 1. The molecule has 3 N–H and O–H groups in total. The molecule has 4 fully saturated rings. The number of rotatable bonds is 11. The number of fused-ring (bicyclic) bond motifs is 2. The van der Waals surface area contributed by atoms with Gasteiger partial charge in [0.05, 0.1) is 11.2 Å². The SMILES string of the molecule is CC(C)(C)OC(=O)N(c1ccc(F)c(C(=O)c2c[nH]c3ncc(-c4ccc(N5CCC(O)(CN6CCC(c7ccc8c(c7)CN(C7CCC(=O)NC7=O)C8=O)CC6)CC5)cc4)cc23)c1F)S(=O)(=O)N1CC[C@@H](F)C1. The number of nitrogens with one attached hydrogen (secondary N) is 2. The summed E-state index contributed by atoms with van der Waals surface area (Å²) >= 11 is 0. The molecule has 21 heteroatoms. The van der Waals surface area contributed by atoms with Crippen molar-refractivity contribution in [2.45, 2.75) is 102 Å². The first-order chi connectivity index (χ1) is 35.2. The van der Waals surface area contributed by atoms with Crippen LogP contribution in [-0.2, 0) is 31.1 Å². The summed E-state index contributed by atoms with van der Waals surface area (Å²) in [7, 11) is -4.97. The normalized spacial score (nSPS) is 21.0. The van der Waals surface area contributed by atoms with E-state index in [1.54, 1.807) is 17.2 Å². The summed E-state index contributed by atoms with van der Waals surface area (Å²) in [4.78, 5) is 78.5. The Morgan fingerprint density at radius 3 is 2.32 bits per heavy atom. The number of hydrogen-bond acceptors (Lipinski definition) is 12. The highest BCUT2D eigenvalue weighted by Crippen LogP contribution is 2.38. The number of amides is 4. The number of nitrogens with zero attached hydrogens (tertiary/aromatic N) is 6. The third-order valence-electron chi connectivity index (χ3n) is 14.9. The van der Waals surface area contributed by atoms with Gasteiger partial charge in [-0.05, 0) is 131 Å². The lowest BCUT2D eigenvalue weighted by atomic mass is 9.86. The van der Waals surface area contributed by atoms with E-state index in [1.165, 1.54) is 27.0 Å². The van der Waals surface area contributed by atoms with Crippen LogP contribution in [0.5, 0.6) is 0 Å². The number of H-pyrrole nitrogens is 1. The number of piperidine rings is 3. The molecule has 0 spiro atoms. The maximum absolute atomic E-state index is 16.6. The number of pyridine rings is 1. The lowest BCUT2D eigenvalue weighted by Gasteiger charge is -2.43. The van der Waals surface area contributed by atoms with Crippen molar-refractivity contribution >= 4 is 62.2 Å². The molecule has 390 valence electrons. The molecular formula is C53H57F3N8O9S. The van der Waals surface area contributed by atoms with Gasteiger partial charge in [0.1, 0.15) is 35.0 Å². The van der Waals surface area contributed by atoms with Crippen LogP contribution in [0, 0.1) is 11.6 Å². The van der Waals surface area contributed by atoms with Gasteiger partial charge in [-0.2, -0.15) is 17.0 Å². The number of carbonyl (C=O) groups is 5. The fourth-order valence-corrected chi connectivity index (χ4v) is 12.4. The summed E-state index contributed by atoms with van der Waals surface area (Å²) in [6, 6.07) is 16.0. The van der Waals surface area contributed by atoms with Crippen LogP contribution in [0.25, 0.3) is 22.2 Å². The van der Waals surface area contributed by atoms with Crippen LogP contribution >= 0.6 is 0 Å². The molecule has 4 saturated heterocycles. The average Bonchev–Trinajstić information content (AvgIpc) is 4.09. The van der Waals surface area contributed by atoms with Crippen molar-refractivity contribution in [3.05, 3.63) is 113 Å². The highest BCUT2D eigenvalue weighted by molar-refractivity contribution is 7.91. The number of ketones is 1. The van der Waals surface area contributed by atoms with E-state index in [9.17, 15) is 41.9 Å². The van der Waals surface area contributed by atoms with Crippen molar-refractivity contribution in [3.8, 4) is 11.1 Å². The molecule has 0 radical (unpaired) electrons. The summed E-state index contributed by atoms with van der Waals surface area (Å²) in [5.41, 5.74) is 0.786. The van der Waals surface area contributed by atoms with Crippen molar-refractivity contribution in [2.75, 3.05) is 55.0 Å².